The molecule has 1 N–H and O–H groups in total. The number of carbonyl (C=O) groups is 1. The molecule has 0 unspecified atom stereocenters. The second-order valence-electron chi connectivity index (χ2n) is 6.94. The van der Waals surface area contributed by atoms with Crippen LogP contribution < -0.4 is 10.2 Å². The number of anilines is 1. The number of aryl methyl sites for hydroxylation is 1. The monoisotopic (exact) mass is 322 g/mol. The molecule has 0 fully saturated rings. The van der Waals surface area contributed by atoms with Crippen LogP contribution in [0.5, 0.6) is 0 Å². The van der Waals surface area contributed by atoms with Gasteiger partial charge in [-0.3, -0.25) is 4.79 Å². The smallest absolute Gasteiger partial charge is 0.251 e. The first kappa shape index (κ1) is 16.6. The molecule has 24 heavy (non-hydrogen) atoms. The van der Waals surface area contributed by atoms with E-state index in [0.29, 0.717) is 0 Å². The molecular weight excluding hydrogens is 296 g/mol. The molecule has 1 aliphatic heterocycles. The minimum Gasteiger partial charge on any atom is -0.367 e. The highest BCUT2D eigenvalue weighted by atomic mass is 16.1. The highest BCUT2D eigenvalue weighted by molar-refractivity contribution is 5.97. The fourth-order valence-corrected chi connectivity index (χ4v) is 3.33. The van der Waals surface area contributed by atoms with Gasteiger partial charge in [0.2, 0.25) is 0 Å². The van der Waals surface area contributed by atoms with Crippen molar-refractivity contribution >= 4 is 11.6 Å². The van der Waals surface area contributed by atoms with Gasteiger partial charge in [-0.15, -0.1) is 0 Å². The van der Waals surface area contributed by atoms with E-state index in [1.807, 2.05) is 26.0 Å². The molecular formula is C21H26N2O. The fourth-order valence-electron chi connectivity index (χ4n) is 3.33. The summed E-state index contributed by atoms with van der Waals surface area (Å²) < 4.78 is 0. The molecule has 2 aromatic rings. The molecule has 3 nitrogen and oxygen atoms in total. The van der Waals surface area contributed by atoms with Crippen molar-refractivity contribution in [3.05, 3.63) is 64.7 Å². The highest BCUT2D eigenvalue weighted by Crippen LogP contribution is 2.31. The molecule has 0 saturated carbocycles. The van der Waals surface area contributed by atoms with E-state index in [1.54, 1.807) is 0 Å². The number of hydrogen-bond acceptors (Lipinski definition) is 2. The van der Waals surface area contributed by atoms with E-state index >= 15 is 0 Å². The van der Waals surface area contributed by atoms with Gasteiger partial charge in [0.1, 0.15) is 0 Å². The summed E-state index contributed by atoms with van der Waals surface area (Å²) >= 11 is 0. The van der Waals surface area contributed by atoms with Gasteiger partial charge in [-0.05, 0) is 56.9 Å². The zero-order valence-electron chi connectivity index (χ0n) is 14.8. The van der Waals surface area contributed by atoms with Crippen LogP contribution in [0.15, 0.2) is 42.5 Å². The van der Waals surface area contributed by atoms with E-state index in [0.717, 1.165) is 31.5 Å². The van der Waals surface area contributed by atoms with Crippen LogP contribution in [-0.4, -0.2) is 18.5 Å². The molecule has 126 valence electrons. The highest BCUT2D eigenvalue weighted by Gasteiger charge is 2.22. The lowest BCUT2D eigenvalue weighted by Gasteiger charge is -2.32. The third kappa shape index (κ3) is 3.61. The van der Waals surface area contributed by atoms with E-state index in [9.17, 15) is 4.79 Å². The zero-order valence-corrected chi connectivity index (χ0v) is 14.8. The first-order valence-corrected chi connectivity index (χ1v) is 8.78. The van der Waals surface area contributed by atoms with Crippen LogP contribution in [0.4, 0.5) is 5.69 Å². The minimum atomic E-state index is 0.0408. The maximum absolute atomic E-state index is 12.5. The van der Waals surface area contributed by atoms with Crippen molar-refractivity contribution in [3.8, 4) is 0 Å². The maximum Gasteiger partial charge on any atom is 0.251 e. The molecule has 0 saturated heterocycles. The number of amides is 1. The Morgan fingerprint density at radius 3 is 2.62 bits per heavy atom. The minimum absolute atomic E-state index is 0.0408. The predicted molar refractivity (Wildman–Crippen MR) is 99.6 cm³/mol. The van der Waals surface area contributed by atoms with E-state index in [2.05, 4.69) is 47.5 Å². The quantitative estimate of drug-likeness (QED) is 0.919. The van der Waals surface area contributed by atoms with E-state index in [-0.39, 0.29) is 11.9 Å². The van der Waals surface area contributed by atoms with Crippen LogP contribution in [0.2, 0.25) is 0 Å². The number of hydrogen-bond donors (Lipinski definition) is 1. The van der Waals surface area contributed by atoms with Crippen molar-refractivity contribution < 1.29 is 4.79 Å². The molecule has 0 bridgehead atoms. The molecule has 3 rings (SSSR count). The Kier molecular flexibility index (Phi) is 4.89. The van der Waals surface area contributed by atoms with Crippen molar-refractivity contribution in [1.82, 2.24) is 5.32 Å². The van der Waals surface area contributed by atoms with Gasteiger partial charge in [-0.25, -0.2) is 0 Å². The normalized spacial score (nSPS) is 13.8. The van der Waals surface area contributed by atoms with Crippen molar-refractivity contribution in [1.29, 1.82) is 0 Å². The summed E-state index contributed by atoms with van der Waals surface area (Å²) in [6.45, 7) is 8.03. The largest absolute Gasteiger partial charge is 0.367 e. The number of nitrogens with zero attached hydrogens (tertiary/aromatic N) is 1. The van der Waals surface area contributed by atoms with Crippen LogP contribution in [0.25, 0.3) is 0 Å². The average Bonchev–Trinajstić information content (AvgIpc) is 2.56. The van der Waals surface area contributed by atoms with E-state index in [1.165, 1.54) is 22.4 Å². The van der Waals surface area contributed by atoms with Crippen molar-refractivity contribution in [2.24, 2.45) is 0 Å². The Balaban J connectivity index is 1.87. The standard InChI is InChI=1S/C21H26N2O/c1-15(2)22-21(24)19-6-4-8-20-18(19)7-5-13-23(20)14-17-11-9-16(3)10-12-17/h4,6,8-12,15H,5,7,13-14H2,1-3H3,(H,22,24). The molecule has 0 radical (unpaired) electrons. The molecule has 0 aliphatic carbocycles. The summed E-state index contributed by atoms with van der Waals surface area (Å²) in [5.74, 6) is 0.0408. The molecule has 1 aliphatic rings. The Labute approximate surface area is 144 Å². The number of benzene rings is 2. The van der Waals surface area contributed by atoms with Gasteiger partial charge in [-0.1, -0.05) is 35.9 Å². The summed E-state index contributed by atoms with van der Waals surface area (Å²) in [6.07, 6.45) is 2.06. The van der Waals surface area contributed by atoms with Gasteiger partial charge >= 0.3 is 0 Å². The molecule has 2 aromatic carbocycles. The van der Waals surface area contributed by atoms with Crippen molar-refractivity contribution in [2.45, 2.75) is 46.2 Å². The topological polar surface area (TPSA) is 32.3 Å². The summed E-state index contributed by atoms with van der Waals surface area (Å²) in [4.78, 5) is 14.9. The maximum atomic E-state index is 12.5. The van der Waals surface area contributed by atoms with E-state index in [4.69, 9.17) is 0 Å². The first-order chi connectivity index (χ1) is 11.5. The van der Waals surface area contributed by atoms with Gasteiger partial charge in [0.25, 0.3) is 5.91 Å². The molecule has 1 amide bonds. The Bertz CT molecular complexity index is 719. The second-order valence-corrected chi connectivity index (χ2v) is 6.94. The van der Waals surface area contributed by atoms with Gasteiger partial charge in [0.15, 0.2) is 0 Å². The summed E-state index contributed by atoms with van der Waals surface area (Å²) in [5, 5.41) is 3.02. The SMILES string of the molecule is Cc1ccc(CN2CCCc3c(C(=O)NC(C)C)cccc32)cc1. The zero-order chi connectivity index (χ0) is 17.1. The van der Waals surface area contributed by atoms with Gasteiger partial charge in [0.05, 0.1) is 0 Å². The first-order valence-electron chi connectivity index (χ1n) is 8.78. The third-order valence-electron chi connectivity index (χ3n) is 4.51. The van der Waals surface area contributed by atoms with Crippen LogP contribution >= 0.6 is 0 Å². The fraction of sp³-hybridized carbons (Fsp3) is 0.381. The number of fused-ring (bicyclic) bond motifs is 1. The Morgan fingerprint density at radius 2 is 1.92 bits per heavy atom. The molecule has 1 heterocycles. The average molecular weight is 322 g/mol. The molecule has 3 heteroatoms. The van der Waals surface area contributed by atoms with Gasteiger partial charge < -0.3 is 10.2 Å². The molecule has 0 spiro atoms. The van der Waals surface area contributed by atoms with Crippen LogP contribution in [0.1, 0.15) is 47.3 Å². The van der Waals surface area contributed by atoms with Crippen molar-refractivity contribution in [2.75, 3.05) is 11.4 Å². The Hall–Kier alpha value is -2.29. The second kappa shape index (κ2) is 7.08. The lowest BCUT2D eigenvalue weighted by atomic mass is 9.95. The summed E-state index contributed by atoms with van der Waals surface area (Å²) in [7, 11) is 0. The van der Waals surface area contributed by atoms with E-state index < -0.39 is 0 Å². The Morgan fingerprint density at radius 1 is 1.17 bits per heavy atom. The van der Waals surface area contributed by atoms with Crippen molar-refractivity contribution in [3.63, 3.8) is 0 Å². The summed E-state index contributed by atoms with van der Waals surface area (Å²) in [6, 6.07) is 15.0. The van der Waals surface area contributed by atoms with Crippen LogP contribution in [-0.2, 0) is 13.0 Å². The summed E-state index contributed by atoms with van der Waals surface area (Å²) in [5.41, 5.74) is 5.82. The van der Waals surface area contributed by atoms with Crippen LogP contribution in [0.3, 0.4) is 0 Å². The predicted octanol–water partition coefficient (Wildman–Crippen LogP) is 4.09. The lowest BCUT2D eigenvalue weighted by Crippen LogP contribution is -2.33. The molecule has 0 atom stereocenters. The number of nitrogens with one attached hydrogen (secondary N) is 1. The lowest BCUT2D eigenvalue weighted by molar-refractivity contribution is 0.0942. The van der Waals surface area contributed by atoms with Crippen LogP contribution in [0, 0.1) is 6.92 Å². The molecule has 0 aromatic heterocycles. The number of carbonyl (C=O) groups excluding carboxylic acids is 1. The number of rotatable bonds is 4. The third-order valence-corrected chi connectivity index (χ3v) is 4.51. The van der Waals surface area contributed by atoms with Gasteiger partial charge in [0, 0.05) is 30.4 Å². The van der Waals surface area contributed by atoms with Gasteiger partial charge in [-0.2, -0.15) is 0 Å².